The predicted octanol–water partition coefficient (Wildman–Crippen LogP) is 2.47. The van der Waals surface area contributed by atoms with E-state index in [9.17, 15) is 9.18 Å². The van der Waals surface area contributed by atoms with E-state index in [1.165, 1.54) is 12.1 Å². The highest BCUT2D eigenvalue weighted by atomic mass is 79.9. The fraction of sp³-hybridized carbons (Fsp3) is 0.417. The van der Waals surface area contributed by atoms with Gasteiger partial charge in [-0.05, 0) is 40.9 Å². The van der Waals surface area contributed by atoms with E-state index < -0.39 is 11.8 Å². The first kappa shape index (κ1) is 13.3. The number of halogens is 2. The Labute approximate surface area is 112 Å². The Morgan fingerprint density at radius 2 is 2.17 bits per heavy atom. The summed E-state index contributed by atoms with van der Waals surface area (Å²) in [7, 11) is 0. The average Bonchev–Trinajstić information content (AvgIpc) is 3.11. The number of nitrogens with one attached hydrogen (secondary N) is 1. The van der Waals surface area contributed by atoms with Crippen LogP contribution in [0.25, 0.3) is 0 Å². The largest absolute Gasteiger partial charge is 0.478 e. The molecule has 18 heavy (non-hydrogen) atoms. The fourth-order valence-corrected chi connectivity index (χ4v) is 2.22. The Bertz CT molecular complexity index is 488. The number of aromatic carboxylic acids is 1. The van der Waals surface area contributed by atoms with Crippen LogP contribution in [-0.2, 0) is 0 Å². The molecule has 0 aromatic heterocycles. The summed E-state index contributed by atoms with van der Waals surface area (Å²) in [5, 5.41) is 20.9. The van der Waals surface area contributed by atoms with Crippen LogP contribution >= 0.6 is 15.9 Å². The van der Waals surface area contributed by atoms with Gasteiger partial charge in [0.05, 0.1) is 22.3 Å². The van der Waals surface area contributed by atoms with Gasteiger partial charge in [0.1, 0.15) is 0 Å². The van der Waals surface area contributed by atoms with Gasteiger partial charge in [-0.15, -0.1) is 0 Å². The van der Waals surface area contributed by atoms with Crippen molar-refractivity contribution in [2.75, 3.05) is 18.5 Å². The molecular weight excluding hydrogens is 305 g/mol. The molecule has 4 nitrogen and oxygen atoms in total. The predicted molar refractivity (Wildman–Crippen MR) is 68.3 cm³/mol. The number of carboxylic acids is 1. The highest BCUT2D eigenvalue weighted by Gasteiger charge is 2.41. The minimum absolute atomic E-state index is 0.0613. The molecule has 1 fully saturated rings. The summed E-state index contributed by atoms with van der Waals surface area (Å²) in [4.78, 5) is 10.8. The lowest BCUT2D eigenvalue weighted by atomic mass is 10.1. The van der Waals surface area contributed by atoms with Gasteiger partial charge in [0.25, 0.3) is 0 Å². The summed E-state index contributed by atoms with van der Waals surface area (Å²) in [5.74, 6) is -1.80. The first-order valence-electron chi connectivity index (χ1n) is 5.55. The van der Waals surface area contributed by atoms with Gasteiger partial charge in [0.15, 0.2) is 5.82 Å². The molecule has 1 aliphatic carbocycles. The van der Waals surface area contributed by atoms with E-state index in [-0.39, 0.29) is 27.7 Å². The van der Waals surface area contributed by atoms with Crippen molar-refractivity contribution in [3.05, 3.63) is 28.0 Å². The Balaban J connectivity index is 2.14. The van der Waals surface area contributed by atoms with Gasteiger partial charge in [0, 0.05) is 12.0 Å². The van der Waals surface area contributed by atoms with E-state index >= 15 is 0 Å². The van der Waals surface area contributed by atoms with Crippen molar-refractivity contribution < 1.29 is 19.4 Å². The monoisotopic (exact) mass is 317 g/mol. The van der Waals surface area contributed by atoms with E-state index in [0.29, 0.717) is 6.54 Å². The average molecular weight is 318 g/mol. The van der Waals surface area contributed by atoms with Gasteiger partial charge in [-0.2, -0.15) is 0 Å². The quantitative estimate of drug-likeness (QED) is 0.780. The Morgan fingerprint density at radius 1 is 1.50 bits per heavy atom. The van der Waals surface area contributed by atoms with E-state index in [1.807, 2.05) is 0 Å². The number of hydrogen-bond acceptors (Lipinski definition) is 3. The van der Waals surface area contributed by atoms with Crippen LogP contribution in [0.4, 0.5) is 10.1 Å². The third-order valence-corrected chi connectivity index (χ3v) is 4.03. The summed E-state index contributed by atoms with van der Waals surface area (Å²) in [6.07, 6.45) is 1.85. The number of anilines is 1. The number of aliphatic hydroxyl groups excluding tert-OH is 1. The van der Waals surface area contributed by atoms with E-state index in [2.05, 4.69) is 21.2 Å². The molecule has 1 saturated carbocycles. The van der Waals surface area contributed by atoms with Crippen molar-refractivity contribution in [3.63, 3.8) is 0 Å². The minimum atomic E-state index is -1.18. The molecule has 6 heteroatoms. The lowest BCUT2D eigenvalue weighted by Gasteiger charge is -2.15. The Morgan fingerprint density at radius 3 is 2.67 bits per heavy atom. The summed E-state index contributed by atoms with van der Waals surface area (Å²) in [5.41, 5.74) is -0.00218. The summed E-state index contributed by atoms with van der Waals surface area (Å²) in [6, 6.07) is 2.74. The second-order valence-corrected chi connectivity index (χ2v) is 5.40. The van der Waals surface area contributed by atoms with Crippen molar-refractivity contribution in [3.8, 4) is 0 Å². The number of benzene rings is 1. The molecule has 0 heterocycles. The molecule has 0 saturated heterocycles. The molecule has 98 valence electrons. The third kappa shape index (κ3) is 2.49. The molecule has 0 atom stereocenters. The van der Waals surface area contributed by atoms with Gasteiger partial charge in [-0.25, -0.2) is 9.18 Å². The lowest BCUT2D eigenvalue weighted by Crippen LogP contribution is -2.19. The highest BCUT2D eigenvalue weighted by Crippen LogP contribution is 2.45. The molecular formula is C12H13BrFNO3. The molecule has 1 aromatic carbocycles. The van der Waals surface area contributed by atoms with Crippen LogP contribution in [-0.4, -0.2) is 29.3 Å². The van der Waals surface area contributed by atoms with Gasteiger partial charge >= 0.3 is 5.97 Å². The minimum Gasteiger partial charge on any atom is -0.478 e. The van der Waals surface area contributed by atoms with Crippen LogP contribution in [0.3, 0.4) is 0 Å². The van der Waals surface area contributed by atoms with E-state index in [4.69, 9.17) is 10.2 Å². The Hall–Kier alpha value is -1.14. The first-order chi connectivity index (χ1) is 8.49. The molecule has 0 spiro atoms. The number of carboxylic acid groups (broad SMARTS) is 1. The van der Waals surface area contributed by atoms with E-state index in [1.54, 1.807) is 0 Å². The van der Waals surface area contributed by atoms with E-state index in [0.717, 1.165) is 12.8 Å². The lowest BCUT2D eigenvalue weighted by molar-refractivity contribution is 0.0695. The number of rotatable bonds is 5. The van der Waals surface area contributed by atoms with Crippen molar-refractivity contribution in [1.29, 1.82) is 0 Å². The number of aliphatic hydroxyl groups is 1. The zero-order valence-corrected chi connectivity index (χ0v) is 11.1. The topological polar surface area (TPSA) is 69.6 Å². The normalized spacial score (nSPS) is 16.4. The second-order valence-electron chi connectivity index (χ2n) is 4.61. The zero-order chi connectivity index (χ0) is 13.3. The standard InChI is InChI=1S/C12H13BrFNO3/c13-9-7(11(17)18)1-2-8(10(9)14)15-5-12(6-16)3-4-12/h1-2,15-16H,3-6H2,(H,17,18). The van der Waals surface area contributed by atoms with Crippen LogP contribution in [0.1, 0.15) is 23.2 Å². The van der Waals surface area contributed by atoms with Crippen LogP contribution in [0, 0.1) is 11.2 Å². The maximum absolute atomic E-state index is 13.9. The third-order valence-electron chi connectivity index (χ3n) is 3.26. The maximum Gasteiger partial charge on any atom is 0.336 e. The molecule has 1 aliphatic rings. The SMILES string of the molecule is O=C(O)c1ccc(NCC2(CO)CC2)c(F)c1Br. The summed E-state index contributed by atoms with van der Waals surface area (Å²) < 4.78 is 13.8. The van der Waals surface area contributed by atoms with Crippen molar-refractivity contribution in [2.24, 2.45) is 5.41 Å². The Kier molecular flexibility index (Phi) is 3.59. The highest BCUT2D eigenvalue weighted by molar-refractivity contribution is 9.10. The van der Waals surface area contributed by atoms with Gasteiger partial charge in [-0.1, -0.05) is 0 Å². The van der Waals surface area contributed by atoms with Gasteiger partial charge in [0.2, 0.25) is 0 Å². The number of hydrogen-bond donors (Lipinski definition) is 3. The molecule has 0 radical (unpaired) electrons. The summed E-state index contributed by atoms with van der Waals surface area (Å²) in [6.45, 7) is 0.565. The molecule has 2 rings (SSSR count). The summed E-state index contributed by atoms with van der Waals surface area (Å²) >= 11 is 2.94. The van der Waals surface area contributed by atoms with Gasteiger partial charge < -0.3 is 15.5 Å². The second kappa shape index (κ2) is 4.85. The fourth-order valence-electron chi connectivity index (χ4n) is 1.70. The van der Waals surface area contributed by atoms with Crippen LogP contribution in [0.2, 0.25) is 0 Å². The van der Waals surface area contributed by atoms with Crippen molar-refractivity contribution in [1.82, 2.24) is 0 Å². The van der Waals surface area contributed by atoms with Crippen LogP contribution in [0.5, 0.6) is 0 Å². The zero-order valence-electron chi connectivity index (χ0n) is 9.54. The molecule has 3 N–H and O–H groups in total. The van der Waals surface area contributed by atoms with Crippen molar-refractivity contribution >= 4 is 27.6 Å². The molecule has 0 unspecified atom stereocenters. The van der Waals surface area contributed by atoms with Crippen molar-refractivity contribution in [2.45, 2.75) is 12.8 Å². The van der Waals surface area contributed by atoms with Gasteiger partial charge in [-0.3, -0.25) is 0 Å². The molecule has 1 aromatic rings. The van der Waals surface area contributed by atoms with Crippen LogP contribution in [0.15, 0.2) is 16.6 Å². The van der Waals surface area contributed by atoms with Crippen LogP contribution < -0.4 is 5.32 Å². The maximum atomic E-state index is 13.9. The first-order valence-corrected chi connectivity index (χ1v) is 6.34. The molecule has 0 amide bonds. The number of carbonyl (C=O) groups is 1. The smallest absolute Gasteiger partial charge is 0.336 e. The molecule has 0 aliphatic heterocycles. The molecule has 0 bridgehead atoms.